The van der Waals surface area contributed by atoms with Gasteiger partial charge in [0.25, 0.3) is 0 Å². The van der Waals surface area contributed by atoms with Gasteiger partial charge in [0, 0.05) is 7.11 Å². The minimum atomic E-state index is -4.76. The maximum Gasteiger partial charge on any atom is 0.573 e. The van der Waals surface area contributed by atoms with Gasteiger partial charge in [0.1, 0.15) is 11.5 Å². The zero-order chi connectivity index (χ0) is 22.3. The highest BCUT2D eigenvalue weighted by molar-refractivity contribution is 5.91. The van der Waals surface area contributed by atoms with Crippen LogP contribution in [-0.4, -0.2) is 26.0 Å². The third kappa shape index (κ3) is 7.14. The van der Waals surface area contributed by atoms with Crippen molar-refractivity contribution in [3.05, 3.63) is 71.8 Å². The molecule has 2 aromatic rings. The van der Waals surface area contributed by atoms with Gasteiger partial charge in [0.05, 0.1) is 12.2 Å². The molecule has 1 aliphatic carbocycles. The molecule has 166 valence electrons. The van der Waals surface area contributed by atoms with Gasteiger partial charge in [-0.25, -0.2) is 4.79 Å². The molecule has 0 radical (unpaired) electrons. The Balaban J connectivity index is 1.52. The molecule has 0 aliphatic heterocycles. The molecule has 0 aromatic heterocycles. The summed E-state index contributed by atoms with van der Waals surface area (Å²) in [5.41, 5.74) is 1.58. The summed E-state index contributed by atoms with van der Waals surface area (Å²) in [7, 11) is 1.68. The van der Waals surface area contributed by atoms with Gasteiger partial charge in [-0.05, 0) is 79.5 Å². The van der Waals surface area contributed by atoms with Crippen LogP contribution in [0.2, 0.25) is 0 Å². The zero-order valence-corrected chi connectivity index (χ0v) is 17.2. The number of halogens is 3. The first-order valence-corrected chi connectivity index (χ1v) is 10.2. The highest BCUT2D eigenvalue weighted by atomic mass is 19.4. The van der Waals surface area contributed by atoms with E-state index in [4.69, 9.17) is 9.47 Å². The lowest BCUT2D eigenvalue weighted by molar-refractivity contribution is -0.274. The molecule has 0 bridgehead atoms. The van der Waals surface area contributed by atoms with Crippen molar-refractivity contribution in [2.45, 2.75) is 38.0 Å². The quantitative estimate of drug-likeness (QED) is 0.292. The van der Waals surface area contributed by atoms with E-state index in [1.807, 2.05) is 12.1 Å². The molecule has 1 fully saturated rings. The Hall–Kier alpha value is -2.80. The highest BCUT2D eigenvalue weighted by Gasteiger charge is 2.31. The molecule has 0 unspecified atom stereocenters. The molecular weight excluding hydrogens is 409 g/mol. The van der Waals surface area contributed by atoms with Crippen molar-refractivity contribution in [3.63, 3.8) is 0 Å². The predicted molar refractivity (Wildman–Crippen MR) is 110 cm³/mol. The average molecular weight is 434 g/mol. The molecule has 31 heavy (non-hydrogen) atoms. The summed E-state index contributed by atoms with van der Waals surface area (Å²) in [6.07, 6.45) is 3.99. The molecule has 0 heterocycles. The summed E-state index contributed by atoms with van der Waals surface area (Å²) in [6, 6.07) is 12.1. The SMILES string of the molecule is COCC=C[C@H]1CC[C@H](c2ccc(C(=O)Oc3ccc(OC(F)(F)F)cc3)cc2)CC1. The number of benzene rings is 2. The molecule has 0 amide bonds. The van der Waals surface area contributed by atoms with E-state index in [1.165, 1.54) is 17.7 Å². The molecule has 1 saturated carbocycles. The van der Waals surface area contributed by atoms with Crippen molar-refractivity contribution in [1.82, 2.24) is 0 Å². The molecule has 0 spiro atoms. The van der Waals surface area contributed by atoms with E-state index in [2.05, 4.69) is 16.9 Å². The fourth-order valence-corrected chi connectivity index (χ4v) is 3.76. The van der Waals surface area contributed by atoms with E-state index in [-0.39, 0.29) is 11.5 Å². The lowest BCUT2D eigenvalue weighted by Gasteiger charge is -2.27. The third-order valence-corrected chi connectivity index (χ3v) is 5.33. The lowest BCUT2D eigenvalue weighted by Crippen LogP contribution is -2.17. The topological polar surface area (TPSA) is 44.8 Å². The minimum absolute atomic E-state index is 0.142. The van der Waals surface area contributed by atoms with Gasteiger partial charge >= 0.3 is 12.3 Å². The van der Waals surface area contributed by atoms with Gasteiger partial charge in [0.2, 0.25) is 0 Å². The van der Waals surface area contributed by atoms with E-state index >= 15 is 0 Å². The Labute approximate surface area is 179 Å². The largest absolute Gasteiger partial charge is 0.573 e. The Morgan fingerprint density at radius 1 is 0.968 bits per heavy atom. The zero-order valence-electron chi connectivity index (χ0n) is 17.2. The van der Waals surface area contributed by atoms with Crippen molar-refractivity contribution in [2.75, 3.05) is 13.7 Å². The number of hydrogen-bond donors (Lipinski definition) is 0. The first-order valence-electron chi connectivity index (χ1n) is 10.2. The van der Waals surface area contributed by atoms with Gasteiger partial charge in [-0.15, -0.1) is 13.2 Å². The standard InChI is InChI=1S/C24H25F3O4/c1-29-16-2-3-17-4-6-18(7-5-17)19-8-10-20(11-9-19)23(28)30-21-12-14-22(15-13-21)31-24(25,26)27/h2-3,8-15,17-18H,4-7,16H2,1H3/t17-,18-. The molecule has 7 heteroatoms. The van der Waals surface area contributed by atoms with Crippen molar-refractivity contribution < 1.29 is 32.2 Å². The molecule has 0 N–H and O–H groups in total. The number of esters is 1. The van der Waals surface area contributed by atoms with Gasteiger partial charge in [-0.3, -0.25) is 0 Å². The van der Waals surface area contributed by atoms with Crippen LogP contribution in [0.15, 0.2) is 60.7 Å². The van der Waals surface area contributed by atoms with Crippen molar-refractivity contribution in [2.24, 2.45) is 5.92 Å². The van der Waals surface area contributed by atoms with Gasteiger partial charge in [-0.1, -0.05) is 24.3 Å². The number of allylic oxidation sites excluding steroid dienone is 1. The number of alkyl halides is 3. The van der Waals surface area contributed by atoms with Crippen LogP contribution >= 0.6 is 0 Å². The number of hydrogen-bond acceptors (Lipinski definition) is 4. The Kier molecular flexibility index (Phi) is 7.74. The lowest BCUT2D eigenvalue weighted by atomic mass is 9.78. The second-order valence-corrected chi connectivity index (χ2v) is 7.53. The predicted octanol–water partition coefficient (Wildman–Crippen LogP) is 6.28. The van der Waals surface area contributed by atoms with Crippen LogP contribution in [-0.2, 0) is 4.74 Å². The summed E-state index contributed by atoms with van der Waals surface area (Å²) in [5, 5.41) is 0. The Bertz CT molecular complexity index is 865. The highest BCUT2D eigenvalue weighted by Crippen LogP contribution is 2.36. The van der Waals surface area contributed by atoms with E-state index in [0.29, 0.717) is 24.0 Å². The number of ether oxygens (including phenoxy) is 3. The van der Waals surface area contributed by atoms with Crippen LogP contribution in [0.3, 0.4) is 0 Å². The summed E-state index contributed by atoms with van der Waals surface area (Å²) in [6.45, 7) is 0.642. The number of carbonyl (C=O) groups is 1. The molecule has 0 atom stereocenters. The van der Waals surface area contributed by atoms with Crippen molar-refractivity contribution in [1.29, 1.82) is 0 Å². The number of rotatable bonds is 7. The van der Waals surface area contributed by atoms with E-state index in [1.54, 1.807) is 19.2 Å². The fourth-order valence-electron chi connectivity index (χ4n) is 3.76. The normalized spacial score (nSPS) is 19.4. The van der Waals surface area contributed by atoms with Crippen molar-refractivity contribution >= 4 is 5.97 Å². The minimum Gasteiger partial charge on any atom is -0.423 e. The Morgan fingerprint density at radius 3 is 2.16 bits per heavy atom. The molecule has 4 nitrogen and oxygen atoms in total. The molecule has 3 rings (SSSR count). The van der Waals surface area contributed by atoms with Crippen molar-refractivity contribution in [3.8, 4) is 11.5 Å². The maximum absolute atomic E-state index is 12.3. The van der Waals surface area contributed by atoms with Crippen LogP contribution in [0.25, 0.3) is 0 Å². The fraction of sp³-hybridized carbons (Fsp3) is 0.375. The summed E-state index contributed by atoms with van der Waals surface area (Å²) >= 11 is 0. The first kappa shape index (κ1) is 22.9. The van der Waals surface area contributed by atoms with E-state index < -0.39 is 12.3 Å². The average Bonchev–Trinajstić information content (AvgIpc) is 2.75. The molecule has 0 saturated heterocycles. The Morgan fingerprint density at radius 2 is 1.58 bits per heavy atom. The smallest absolute Gasteiger partial charge is 0.423 e. The first-order chi connectivity index (χ1) is 14.8. The van der Waals surface area contributed by atoms with Crippen LogP contribution < -0.4 is 9.47 Å². The molecular formula is C24H25F3O4. The summed E-state index contributed by atoms with van der Waals surface area (Å²) < 4.78 is 50.7. The molecule has 2 aromatic carbocycles. The van der Waals surface area contributed by atoms with Gasteiger partial charge < -0.3 is 14.2 Å². The number of carbonyl (C=O) groups excluding carboxylic acids is 1. The van der Waals surface area contributed by atoms with Crippen LogP contribution in [0, 0.1) is 5.92 Å². The van der Waals surface area contributed by atoms with E-state index in [9.17, 15) is 18.0 Å². The van der Waals surface area contributed by atoms with Crippen LogP contribution in [0.5, 0.6) is 11.5 Å². The third-order valence-electron chi connectivity index (χ3n) is 5.33. The summed E-state index contributed by atoms with van der Waals surface area (Å²) in [5.74, 6) is 0.263. The number of methoxy groups -OCH3 is 1. The van der Waals surface area contributed by atoms with Crippen LogP contribution in [0.1, 0.15) is 47.5 Å². The van der Waals surface area contributed by atoms with Gasteiger partial charge in [0.15, 0.2) is 0 Å². The van der Waals surface area contributed by atoms with Gasteiger partial charge in [-0.2, -0.15) is 0 Å². The van der Waals surface area contributed by atoms with E-state index in [0.717, 1.165) is 37.8 Å². The molecule has 1 aliphatic rings. The summed E-state index contributed by atoms with van der Waals surface area (Å²) in [4.78, 5) is 12.3. The second-order valence-electron chi connectivity index (χ2n) is 7.53. The second kappa shape index (κ2) is 10.5. The maximum atomic E-state index is 12.3. The monoisotopic (exact) mass is 434 g/mol. The van der Waals surface area contributed by atoms with Crippen LogP contribution in [0.4, 0.5) is 13.2 Å².